The van der Waals surface area contributed by atoms with E-state index in [-0.39, 0.29) is 0 Å². The van der Waals surface area contributed by atoms with Crippen LogP contribution in [0.2, 0.25) is 0 Å². The smallest absolute Gasteiger partial charge is 0.213 e. The van der Waals surface area contributed by atoms with Crippen molar-refractivity contribution in [1.82, 2.24) is 0 Å². The molecule has 2 nitrogen and oxygen atoms in total. The molecule has 0 bridgehead atoms. The van der Waals surface area contributed by atoms with E-state index in [1.54, 1.807) is 0 Å². The summed E-state index contributed by atoms with van der Waals surface area (Å²) in [7, 11) is 1.45. The lowest BCUT2D eigenvalue weighted by molar-refractivity contribution is 0.218. The van der Waals surface area contributed by atoms with Crippen LogP contribution in [-0.2, 0) is 0 Å². The highest BCUT2D eigenvalue weighted by molar-refractivity contribution is 4.55. The lowest BCUT2D eigenvalue weighted by Gasteiger charge is -2.01. The second-order valence-electron chi connectivity index (χ2n) is 1.71. The third kappa shape index (κ3) is 5.53. The van der Waals surface area contributed by atoms with E-state index < -0.39 is 5.79 Å². The molecular formula is C4H9FN2. The van der Waals surface area contributed by atoms with Crippen LogP contribution in [0.5, 0.6) is 0 Å². The number of halogens is 1. The number of hydrogen-bond donors (Lipinski definition) is 0. The average molecular weight is 104 g/mol. The van der Waals surface area contributed by atoms with Crippen LogP contribution in [0.25, 0.3) is 0 Å². The van der Waals surface area contributed by atoms with Crippen molar-refractivity contribution in [3.8, 4) is 0 Å². The number of alkyl halides is 1. The zero-order valence-electron chi connectivity index (χ0n) is 4.77. The standard InChI is InChI=1S/C4H9FN2/c1-4(2,5)7-6-3/h1-3H3. The molecule has 0 aliphatic heterocycles. The van der Waals surface area contributed by atoms with Crippen LogP contribution in [0.1, 0.15) is 13.8 Å². The van der Waals surface area contributed by atoms with E-state index in [0.29, 0.717) is 0 Å². The highest BCUT2D eigenvalue weighted by Crippen LogP contribution is 2.08. The molecule has 0 fully saturated rings. The van der Waals surface area contributed by atoms with Crippen LogP contribution in [0.15, 0.2) is 10.2 Å². The summed E-state index contributed by atoms with van der Waals surface area (Å²) in [6.45, 7) is 2.69. The molecule has 42 valence electrons. The maximum Gasteiger partial charge on any atom is 0.213 e. The van der Waals surface area contributed by atoms with Crippen molar-refractivity contribution in [2.24, 2.45) is 10.2 Å². The van der Waals surface area contributed by atoms with Crippen molar-refractivity contribution in [2.45, 2.75) is 19.6 Å². The Kier molecular flexibility index (Phi) is 1.87. The normalized spacial score (nSPS) is 13.1. The van der Waals surface area contributed by atoms with E-state index in [9.17, 15) is 4.39 Å². The van der Waals surface area contributed by atoms with Gasteiger partial charge in [-0.05, 0) is 13.8 Å². The fourth-order valence-corrected chi connectivity index (χ4v) is 0.238. The Morgan fingerprint density at radius 1 is 1.43 bits per heavy atom. The minimum absolute atomic E-state index is 1.35. The van der Waals surface area contributed by atoms with Crippen LogP contribution in [0.4, 0.5) is 4.39 Å². The van der Waals surface area contributed by atoms with Gasteiger partial charge in [0, 0.05) is 7.05 Å². The molecule has 0 N–H and O–H groups in total. The maximum atomic E-state index is 12.1. The highest BCUT2D eigenvalue weighted by atomic mass is 19.1. The molecule has 0 aliphatic rings. The highest BCUT2D eigenvalue weighted by Gasteiger charge is 2.10. The summed E-state index contributed by atoms with van der Waals surface area (Å²) >= 11 is 0. The van der Waals surface area contributed by atoms with Gasteiger partial charge >= 0.3 is 0 Å². The first kappa shape index (κ1) is 6.53. The zero-order chi connectivity index (χ0) is 5.91. The summed E-state index contributed by atoms with van der Waals surface area (Å²) < 4.78 is 12.1. The molecular weight excluding hydrogens is 95.1 g/mol. The fraction of sp³-hybridized carbons (Fsp3) is 1.00. The lowest BCUT2D eigenvalue weighted by Crippen LogP contribution is -2.04. The van der Waals surface area contributed by atoms with Crippen molar-refractivity contribution in [3.05, 3.63) is 0 Å². The van der Waals surface area contributed by atoms with Crippen molar-refractivity contribution < 1.29 is 4.39 Å². The molecule has 0 saturated carbocycles. The zero-order valence-corrected chi connectivity index (χ0v) is 4.77. The molecule has 0 saturated heterocycles. The number of hydrogen-bond acceptors (Lipinski definition) is 2. The molecule has 0 aliphatic carbocycles. The monoisotopic (exact) mass is 104 g/mol. The third-order valence-corrected chi connectivity index (χ3v) is 0.338. The van der Waals surface area contributed by atoms with Crippen LogP contribution in [0.3, 0.4) is 0 Å². The van der Waals surface area contributed by atoms with Gasteiger partial charge in [-0.15, -0.1) is 0 Å². The molecule has 0 rings (SSSR count). The van der Waals surface area contributed by atoms with Crippen molar-refractivity contribution in [2.75, 3.05) is 7.05 Å². The summed E-state index contributed by atoms with van der Waals surface area (Å²) in [5.41, 5.74) is 0. The van der Waals surface area contributed by atoms with Gasteiger partial charge in [0.05, 0.1) is 0 Å². The third-order valence-electron chi connectivity index (χ3n) is 0.338. The Bertz CT molecular complexity index is 72.2. The average Bonchev–Trinajstić information content (AvgIpc) is 1.30. The predicted molar refractivity (Wildman–Crippen MR) is 26.0 cm³/mol. The molecule has 3 heteroatoms. The van der Waals surface area contributed by atoms with E-state index in [2.05, 4.69) is 10.2 Å². The largest absolute Gasteiger partial charge is 0.217 e. The van der Waals surface area contributed by atoms with Crippen LogP contribution in [-0.4, -0.2) is 12.8 Å². The molecule has 0 spiro atoms. The minimum atomic E-state index is -1.49. The van der Waals surface area contributed by atoms with Crippen molar-refractivity contribution in [3.63, 3.8) is 0 Å². The van der Waals surface area contributed by atoms with E-state index >= 15 is 0 Å². The molecule has 0 unspecified atom stereocenters. The fourth-order valence-electron chi connectivity index (χ4n) is 0.238. The van der Waals surface area contributed by atoms with Crippen LogP contribution >= 0.6 is 0 Å². The van der Waals surface area contributed by atoms with Gasteiger partial charge in [0.25, 0.3) is 0 Å². The SMILES string of the molecule is CN=NC(C)(C)F. The first-order valence-corrected chi connectivity index (χ1v) is 2.06. The van der Waals surface area contributed by atoms with Gasteiger partial charge in [0.15, 0.2) is 0 Å². The van der Waals surface area contributed by atoms with Gasteiger partial charge in [0.1, 0.15) is 0 Å². The Hall–Kier alpha value is -0.470. The summed E-state index contributed by atoms with van der Waals surface area (Å²) in [6, 6.07) is 0. The minimum Gasteiger partial charge on any atom is -0.217 e. The first-order valence-electron chi connectivity index (χ1n) is 2.06. The number of nitrogens with zero attached hydrogens (tertiary/aromatic N) is 2. The summed E-state index contributed by atoms with van der Waals surface area (Å²) in [5, 5.41) is 6.47. The van der Waals surface area contributed by atoms with E-state index in [0.717, 1.165) is 0 Å². The summed E-state index contributed by atoms with van der Waals surface area (Å²) in [4.78, 5) is 0. The Morgan fingerprint density at radius 3 is 1.86 bits per heavy atom. The topological polar surface area (TPSA) is 24.7 Å². The Balaban J connectivity index is 3.56. The van der Waals surface area contributed by atoms with Gasteiger partial charge in [-0.3, -0.25) is 0 Å². The quantitative estimate of drug-likeness (QED) is 0.358. The molecule has 0 aromatic rings. The molecule has 7 heavy (non-hydrogen) atoms. The molecule has 0 radical (unpaired) electrons. The summed E-state index contributed by atoms with van der Waals surface area (Å²) in [5.74, 6) is -1.49. The van der Waals surface area contributed by atoms with Crippen LogP contribution < -0.4 is 0 Å². The predicted octanol–water partition coefficient (Wildman–Crippen LogP) is 1.77. The second kappa shape index (κ2) is 2.00. The van der Waals surface area contributed by atoms with Crippen LogP contribution in [0, 0.1) is 0 Å². The first-order chi connectivity index (χ1) is 3.06. The molecule has 0 atom stereocenters. The van der Waals surface area contributed by atoms with E-state index in [1.807, 2.05) is 0 Å². The number of azo groups is 1. The molecule has 0 heterocycles. The van der Waals surface area contributed by atoms with Crippen molar-refractivity contribution in [1.29, 1.82) is 0 Å². The molecule has 0 aromatic carbocycles. The van der Waals surface area contributed by atoms with Gasteiger partial charge in [0.2, 0.25) is 5.79 Å². The summed E-state index contributed by atoms with van der Waals surface area (Å²) in [6.07, 6.45) is 0. The number of rotatable bonds is 1. The van der Waals surface area contributed by atoms with Gasteiger partial charge in [-0.2, -0.15) is 10.2 Å². The van der Waals surface area contributed by atoms with Gasteiger partial charge in [-0.1, -0.05) is 0 Å². The Morgan fingerprint density at radius 2 is 1.86 bits per heavy atom. The van der Waals surface area contributed by atoms with E-state index in [1.165, 1.54) is 20.9 Å². The lowest BCUT2D eigenvalue weighted by atomic mass is 10.4. The molecule has 0 aromatic heterocycles. The van der Waals surface area contributed by atoms with E-state index in [4.69, 9.17) is 0 Å². The van der Waals surface area contributed by atoms with Gasteiger partial charge in [-0.25, -0.2) is 4.39 Å². The Labute approximate surface area is 42.4 Å². The second-order valence-corrected chi connectivity index (χ2v) is 1.71. The van der Waals surface area contributed by atoms with Crippen molar-refractivity contribution >= 4 is 0 Å². The molecule has 0 amide bonds. The van der Waals surface area contributed by atoms with Gasteiger partial charge < -0.3 is 0 Å². The maximum absolute atomic E-state index is 12.1.